The van der Waals surface area contributed by atoms with Crippen molar-refractivity contribution in [3.63, 3.8) is 0 Å². The van der Waals surface area contributed by atoms with Crippen LogP contribution in [0, 0.1) is 11.8 Å². The van der Waals surface area contributed by atoms with Gasteiger partial charge >= 0.3 is 0 Å². The van der Waals surface area contributed by atoms with Gasteiger partial charge in [0.15, 0.2) is 0 Å². The van der Waals surface area contributed by atoms with Crippen LogP contribution < -0.4 is 5.43 Å². The first-order valence-corrected chi connectivity index (χ1v) is 4.99. The standard InChI is InChI=1S/C10H20N2/c1-8(2)7-11-12-10-6-4-5-9(10)3/h8-9,11H,4-7H2,1-3H3/b12-10-. The van der Waals surface area contributed by atoms with E-state index in [1.807, 2.05) is 0 Å². The molecule has 0 heterocycles. The third kappa shape index (κ3) is 2.84. The molecule has 1 aliphatic rings. The molecule has 1 aliphatic carbocycles. The average Bonchev–Trinajstić information content (AvgIpc) is 2.36. The molecule has 2 nitrogen and oxygen atoms in total. The van der Waals surface area contributed by atoms with Crippen molar-refractivity contribution < 1.29 is 0 Å². The minimum atomic E-state index is 0.686. The van der Waals surface area contributed by atoms with E-state index in [0.29, 0.717) is 11.8 Å². The molecule has 1 unspecified atom stereocenters. The van der Waals surface area contributed by atoms with Crippen LogP contribution in [0.15, 0.2) is 5.10 Å². The first-order chi connectivity index (χ1) is 5.70. The summed E-state index contributed by atoms with van der Waals surface area (Å²) in [5, 5.41) is 4.41. The number of hydrogen-bond donors (Lipinski definition) is 1. The molecule has 0 spiro atoms. The third-order valence-corrected chi connectivity index (χ3v) is 2.36. The minimum absolute atomic E-state index is 0.686. The van der Waals surface area contributed by atoms with Gasteiger partial charge in [0.2, 0.25) is 0 Å². The summed E-state index contributed by atoms with van der Waals surface area (Å²) in [6, 6.07) is 0. The molecular weight excluding hydrogens is 148 g/mol. The van der Waals surface area contributed by atoms with E-state index in [1.54, 1.807) is 0 Å². The molecule has 1 fully saturated rings. The van der Waals surface area contributed by atoms with E-state index in [-0.39, 0.29) is 0 Å². The number of hydrogen-bond acceptors (Lipinski definition) is 2. The number of nitrogens with zero attached hydrogens (tertiary/aromatic N) is 1. The zero-order valence-corrected chi connectivity index (χ0v) is 8.43. The quantitative estimate of drug-likeness (QED) is 0.643. The molecule has 2 heteroatoms. The van der Waals surface area contributed by atoms with Gasteiger partial charge in [-0.1, -0.05) is 20.8 Å². The summed E-state index contributed by atoms with van der Waals surface area (Å²) in [5.74, 6) is 1.40. The van der Waals surface area contributed by atoms with Crippen LogP contribution in [-0.4, -0.2) is 12.3 Å². The van der Waals surface area contributed by atoms with Gasteiger partial charge in [-0.25, -0.2) is 0 Å². The number of nitrogens with one attached hydrogen (secondary N) is 1. The summed E-state index contributed by atoms with van der Waals surface area (Å²) in [7, 11) is 0. The summed E-state index contributed by atoms with van der Waals surface area (Å²) in [6.07, 6.45) is 3.85. The molecule has 12 heavy (non-hydrogen) atoms. The largest absolute Gasteiger partial charge is 0.310 e. The van der Waals surface area contributed by atoms with E-state index < -0.39 is 0 Å². The van der Waals surface area contributed by atoms with Crippen molar-refractivity contribution in [2.24, 2.45) is 16.9 Å². The van der Waals surface area contributed by atoms with E-state index in [2.05, 4.69) is 31.3 Å². The normalized spacial score (nSPS) is 27.0. The topological polar surface area (TPSA) is 24.4 Å². The van der Waals surface area contributed by atoms with Gasteiger partial charge in [-0.05, 0) is 31.1 Å². The minimum Gasteiger partial charge on any atom is -0.310 e. The Morgan fingerprint density at radius 2 is 2.33 bits per heavy atom. The smallest absolute Gasteiger partial charge is 0.0406 e. The van der Waals surface area contributed by atoms with Gasteiger partial charge in [0.1, 0.15) is 0 Å². The highest BCUT2D eigenvalue weighted by atomic mass is 15.3. The molecule has 0 aromatic heterocycles. The lowest BCUT2D eigenvalue weighted by Crippen LogP contribution is -2.17. The van der Waals surface area contributed by atoms with E-state index in [0.717, 1.165) is 6.54 Å². The summed E-state index contributed by atoms with van der Waals surface area (Å²) in [6.45, 7) is 7.66. The molecule has 0 aromatic carbocycles. The van der Waals surface area contributed by atoms with Gasteiger partial charge in [0, 0.05) is 12.3 Å². The fourth-order valence-electron chi connectivity index (χ4n) is 1.50. The molecule has 70 valence electrons. The Morgan fingerprint density at radius 3 is 2.83 bits per heavy atom. The van der Waals surface area contributed by atoms with E-state index in [9.17, 15) is 0 Å². The van der Waals surface area contributed by atoms with Crippen LogP contribution in [0.3, 0.4) is 0 Å². The Labute approximate surface area is 75.4 Å². The SMILES string of the molecule is CC(C)CN/N=C1/CCCC1C. The van der Waals surface area contributed by atoms with Crippen LogP contribution in [0.4, 0.5) is 0 Å². The zero-order chi connectivity index (χ0) is 8.97. The number of rotatable bonds is 3. The van der Waals surface area contributed by atoms with Crippen molar-refractivity contribution in [1.29, 1.82) is 0 Å². The van der Waals surface area contributed by atoms with Crippen LogP contribution in [0.2, 0.25) is 0 Å². The van der Waals surface area contributed by atoms with Crippen LogP contribution in [0.1, 0.15) is 40.0 Å². The summed E-state index contributed by atoms with van der Waals surface area (Å²) in [5.41, 5.74) is 4.52. The van der Waals surface area contributed by atoms with Crippen molar-refractivity contribution in [3.8, 4) is 0 Å². The molecule has 0 bridgehead atoms. The lowest BCUT2D eigenvalue weighted by Gasteiger charge is -2.06. The summed E-state index contributed by atoms with van der Waals surface area (Å²) in [4.78, 5) is 0. The highest BCUT2D eigenvalue weighted by Crippen LogP contribution is 2.21. The first-order valence-electron chi connectivity index (χ1n) is 4.99. The van der Waals surface area contributed by atoms with Gasteiger partial charge in [0.05, 0.1) is 0 Å². The van der Waals surface area contributed by atoms with E-state index >= 15 is 0 Å². The highest BCUT2D eigenvalue weighted by Gasteiger charge is 2.17. The van der Waals surface area contributed by atoms with Crippen LogP contribution in [0.5, 0.6) is 0 Å². The second-order valence-corrected chi connectivity index (χ2v) is 4.15. The van der Waals surface area contributed by atoms with Gasteiger partial charge in [-0.3, -0.25) is 0 Å². The van der Waals surface area contributed by atoms with Crippen molar-refractivity contribution in [2.45, 2.75) is 40.0 Å². The Hall–Kier alpha value is -0.530. The maximum atomic E-state index is 4.41. The maximum absolute atomic E-state index is 4.41. The van der Waals surface area contributed by atoms with Gasteiger partial charge in [0.25, 0.3) is 0 Å². The number of hydrazone groups is 1. The van der Waals surface area contributed by atoms with Gasteiger partial charge in [-0.2, -0.15) is 5.10 Å². The van der Waals surface area contributed by atoms with Crippen molar-refractivity contribution >= 4 is 5.71 Å². The lowest BCUT2D eigenvalue weighted by molar-refractivity contribution is 0.567. The molecule has 0 aromatic rings. The Kier molecular flexibility index (Phi) is 3.57. The van der Waals surface area contributed by atoms with Crippen molar-refractivity contribution in [3.05, 3.63) is 0 Å². The third-order valence-electron chi connectivity index (χ3n) is 2.36. The fraction of sp³-hybridized carbons (Fsp3) is 0.900. The van der Waals surface area contributed by atoms with Crippen molar-refractivity contribution in [1.82, 2.24) is 5.43 Å². The monoisotopic (exact) mass is 168 g/mol. The van der Waals surface area contributed by atoms with Gasteiger partial charge in [-0.15, -0.1) is 0 Å². The summed E-state index contributed by atoms with van der Waals surface area (Å²) < 4.78 is 0. The Balaban J connectivity index is 2.26. The second kappa shape index (κ2) is 4.48. The molecule has 0 amide bonds. The predicted octanol–water partition coefficient (Wildman–Crippen LogP) is 2.41. The van der Waals surface area contributed by atoms with E-state index in [4.69, 9.17) is 0 Å². The Morgan fingerprint density at radius 1 is 1.58 bits per heavy atom. The average molecular weight is 168 g/mol. The zero-order valence-electron chi connectivity index (χ0n) is 8.43. The Bertz CT molecular complexity index is 161. The molecule has 0 saturated heterocycles. The van der Waals surface area contributed by atoms with Gasteiger partial charge < -0.3 is 5.43 Å². The fourth-order valence-corrected chi connectivity index (χ4v) is 1.50. The van der Waals surface area contributed by atoms with E-state index in [1.165, 1.54) is 25.0 Å². The predicted molar refractivity (Wildman–Crippen MR) is 53.3 cm³/mol. The first kappa shape index (κ1) is 9.56. The summed E-state index contributed by atoms with van der Waals surface area (Å²) >= 11 is 0. The lowest BCUT2D eigenvalue weighted by atomic mass is 10.1. The van der Waals surface area contributed by atoms with Crippen LogP contribution >= 0.6 is 0 Å². The molecular formula is C10H20N2. The molecule has 0 aliphatic heterocycles. The maximum Gasteiger partial charge on any atom is 0.0406 e. The second-order valence-electron chi connectivity index (χ2n) is 4.15. The molecule has 0 radical (unpaired) electrons. The van der Waals surface area contributed by atoms with Crippen LogP contribution in [0.25, 0.3) is 0 Å². The molecule has 1 atom stereocenters. The molecule has 1 saturated carbocycles. The molecule has 1 N–H and O–H groups in total. The highest BCUT2D eigenvalue weighted by molar-refractivity contribution is 5.87. The molecule has 1 rings (SSSR count). The van der Waals surface area contributed by atoms with Crippen LogP contribution in [-0.2, 0) is 0 Å². The van der Waals surface area contributed by atoms with Crippen molar-refractivity contribution in [2.75, 3.05) is 6.54 Å².